The number of para-hydroxylation sites is 1. The Bertz CT molecular complexity index is 3230. The van der Waals surface area contributed by atoms with Crippen LogP contribution in [0.2, 0.25) is 0 Å². The van der Waals surface area contributed by atoms with Crippen LogP contribution >= 0.6 is 0 Å². The quantitative estimate of drug-likeness (QED) is 0.169. The summed E-state index contributed by atoms with van der Waals surface area (Å²) in [7, 11) is 0. The van der Waals surface area contributed by atoms with Gasteiger partial charge in [-0.2, -0.15) is 0 Å². The molecule has 0 spiro atoms. The second-order valence-corrected chi connectivity index (χ2v) is 16.6. The molecule has 0 bridgehead atoms. The van der Waals surface area contributed by atoms with Gasteiger partial charge in [0.1, 0.15) is 11.6 Å². The van der Waals surface area contributed by atoms with E-state index in [0.717, 1.165) is 22.3 Å². The molecule has 0 aliphatic heterocycles. The first-order valence-electron chi connectivity index (χ1n) is 24.0. The van der Waals surface area contributed by atoms with Crippen molar-refractivity contribution in [2.24, 2.45) is 0 Å². The number of hydrogen-bond acceptors (Lipinski definition) is 3. The Kier molecular flexibility index (Phi) is 7.99. The van der Waals surface area contributed by atoms with Gasteiger partial charge in [-0.05, 0) is 84.0 Å². The van der Waals surface area contributed by atoms with Gasteiger partial charge < -0.3 is 5.11 Å². The maximum absolute atomic E-state index is 12.2. The molecule has 0 radical (unpaired) electrons. The molecule has 8 aromatic rings. The van der Waals surface area contributed by atoms with Gasteiger partial charge in [0.25, 0.3) is 0 Å². The molecule has 5 heteroatoms. The number of aromatic hydroxyl groups is 1. The minimum atomic E-state index is -2.84. The number of imidazole rings is 1. The Morgan fingerprint density at radius 1 is 0.655 bits per heavy atom. The van der Waals surface area contributed by atoms with Gasteiger partial charge in [0.2, 0.25) is 0 Å². The number of nitrogens with zero attached hydrogens (tertiary/aromatic N) is 3. The first-order chi connectivity index (χ1) is 31.3. The van der Waals surface area contributed by atoms with Gasteiger partial charge in [-0.1, -0.05) is 149 Å². The molecule has 58 heavy (non-hydrogen) atoms. The number of hydrogen-bond donors (Lipinski definition) is 1. The summed E-state index contributed by atoms with van der Waals surface area (Å²) in [5.74, 6) is 0.528. The van der Waals surface area contributed by atoms with E-state index in [1.807, 2.05) is 99.0 Å². The molecule has 0 aliphatic carbocycles. The first kappa shape index (κ1) is 29.6. The van der Waals surface area contributed by atoms with Crippen molar-refractivity contribution >= 4 is 11.0 Å². The second kappa shape index (κ2) is 15.6. The zero-order valence-electron chi connectivity index (χ0n) is 43.5. The van der Waals surface area contributed by atoms with E-state index in [1.165, 1.54) is 6.20 Å². The van der Waals surface area contributed by atoms with Crippen LogP contribution in [0.5, 0.6) is 5.75 Å². The van der Waals surface area contributed by atoms with E-state index < -0.39 is 48.9 Å². The molecule has 8 rings (SSSR count). The van der Waals surface area contributed by atoms with Crippen LogP contribution in [0.4, 0.5) is 0 Å². The molecule has 0 atom stereocenters. The topological polar surface area (TPSA) is 50.9 Å². The van der Waals surface area contributed by atoms with Crippen LogP contribution < -0.4 is 0 Å². The van der Waals surface area contributed by atoms with Gasteiger partial charge in [-0.15, -0.1) is 29.3 Å². The van der Waals surface area contributed by atoms with E-state index in [2.05, 4.69) is 32.9 Å². The fraction of sp³-hybridized carbons (Fsp3) is 0.208. The van der Waals surface area contributed by atoms with Gasteiger partial charge in [-0.25, -0.2) is 4.98 Å². The molecular weight excluding hydrogens is 890 g/mol. The van der Waals surface area contributed by atoms with Crippen molar-refractivity contribution < 1.29 is 39.9 Å². The molecule has 0 amide bonds. The molecule has 1 N–H and O–H groups in total. The van der Waals surface area contributed by atoms with Crippen LogP contribution in [0, 0.1) is 26.7 Å². The Morgan fingerprint density at radius 3 is 2.09 bits per heavy atom. The summed E-state index contributed by atoms with van der Waals surface area (Å²) in [5, 5.41) is 12.2. The van der Waals surface area contributed by atoms with Crippen molar-refractivity contribution in [3.63, 3.8) is 0 Å². The van der Waals surface area contributed by atoms with E-state index in [-0.39, 0.29) is 43.4 Å². The summed E-state index contributed by atoms with van der Waals surface area (Å²) >= 11 is 0. The Hall–Kier alpha value is -5.57. The van der Waals surface area contributed by atoms with E-state index in [9.17, 15) is 5.11 Å². The monoisotopic (exact) mass is 949 g/mol. The number of benzene rings is 6. The fourth-order valence-corrected chi connectivity index (χ4v) is 7.32. The smallest absolute Gasteiger partial charge is 0.148 e. The average molecular weight is 950 g/mol. The Balaban J connectivity index is 0.00000684. The molecule has 2 aromatic heterocycles. The largest absolute Gasteiger partial charge is 0.507 e. The predicted molar refractivity (Wildman–Crippen MR) is 238 cm³/mol. The summed E-state index contributed by atoms with van der Waals surface area (Å²) in [5.41, 5.74) is 7.90. The van der Waals surface area contributed by atoms with Crippen molar-refractivity contribution in [2.45, 2.75) is 73.0 Å². The van der Waals surface area contributed by atoms with Crippen LogP contribution in [-0.4, -0.2) is 19.6 Å². The molecule has 0 unspecified atom stereocenters. The molecule has 4 nitrogen and oxygen atoms in total. The fourth-order valence-electron chi connectivity index (χ4n) is 7.32. The average Bonchev–Trinajstić information content (AvgIpc) is 3.64. The first-order valence-corrected chi connectivity index (χ1v) is 19.0. The Labute approximate surface area is 372 Å². The second-order valence-electron chi connectivity index (χ2n) is 16.6. The van der Waals surface area contributed by atoms with E-state index in [0.29, 0.717) is 61.6 Å². The minimum Gasteiger partial charge on any atom is -0.507 e. The molecule has 2 heterocycles. The maximum Gasteiger partial charge on any atom is 0.148 e. The van der Waals surface area contributed by atoms with Gasteiger partial charge >= 0.3 is 0 Å². The summed E-state index contributed by atoms with van der Waals surface area (Å²) in [6.07, 6.45) is 1.52. The van der Waals surface area contributed by atoms with E-state index in [4.69, 9.17) is 23.7 Å². The third kappa shape index (κ3) is 7.83. The maximum atomic E-state index is 12.2. The van der Waals surface area contributed by atoms with Crippen LogP contribution in [0.25, 0.3) is 72.7 Å². The van der Waals surface area contributed by atoms with Crippen LogP contribution in [0.15, 0.2) is 133 Å². The number of phenols is 1. The van der Waals surface area contributed by atoms with E-state index in [1.54, 1.807) is 30.3 Å². The predicted octanol–water partition coefficient (Wildman–Crippen LogP) is 13.8. The molecule has 0 saturated carbocycles. The van der Waals surface area contributed by atoms with Crippen molar-refractivity contribution in [3.8, 4) is 67.5 Å². The van der Waals surface area contributed by atoms with E-state index >= 15 is 0 Å². The number of aryl methyl sites for hydroxylation is 2. The normalized spacial score (nSPS) is 14.7. The zero-order valence-corrected chi connectivity index (χ0v) is 35.8. The molecule has 0 fully saturated rings. The molecular formula is C53H50N3OPt-. The van der Waals surface area contributed by atoms with Crippen LogP contribution in [0.3, 0.4) is 0 Å². The molecule has 0 aliphatic rings. The summed E-state index contributed by atoms with van der Waals surface area (Å²) < 4.78 is 85.3. The summed E-state index contributed by atoms with van der Waals surface area (Å²) in [4.78, 5) is 10.1. The van der Waals surface area contributed by atoms with Crippen LogP contribution in [0.1, 0.15) is 83.1 Å². The SMILES string of the molecule is [2H]c1c([2H])c(C([2H])([2H])[2H])c([2H])c([2H])c1-c1ccnc(-c2[c-]c(-c3cccc4c3nc(-c3cc(C)cc(C(C)(C)C)c3O)n4-c3ccc(C([2H])([2H])[2H])cc3-c3ccccc3)cc(C(C)(C)C)c2)c1.[Pt]. The van der Waals surface area contributed by atoms with Crippen LogP contribution in [-0.2, 0) is 31.9 Å². The summed E-state index contributed by atoms with van der Waals surface area (Å²) in [6.45, 7) is 9.15. The van der Waals surface area contributed by atoms with Crippen molar-refractivity contribution in [1.82, 2.24) is 14.5 Å². The number of phenolic OH excluding ortho intramolecular Hbond substituents is 1. The third-order valence-corrected chi connectivity index (χ3v) is 10.3. The Morgan fingerprint density at radius 2 is 1.38 bits per heavy atom. The number of pyridine rings is 1. The summed E-state index contributed by atoms with van der Waals surface area (Å²) in [6, 6.07) is 33.1. The van der Waals surface area contributed by atoms with Crippen molar-refractivity contribution in [3.05, 3.63) is 167 Å². The zero-order chi connectivity index (χ0) is 48.7. The third-order valence-electron chi connectivity index (χ3n) is 10.3. The number of aromatic nitrogens is 3. The minimum absolute atomic E-state index is 0. The van der Waals surface area contributed by atoms with Gasteiger partial charge in [0.05, 0.1) is 27.8 Å². The molecule has 0 saturated heterocycles. The number of rotatable bonds is 6. The molecule has 294 valence electrons. The van der Waals surface area contributed by atoms with Crippen molar-refractivity contribution in [2.75, 3.05) is 0 Å². The number of fused-ring (bicyclic) bond motifs is 1. The van der Waals surface area contributed by atoms with Crippen molar-refractivity contribution in [1.29, 1.82) is 0 Å². The van der Waals surface area contributed by atoms with Gasteiger partial charge in [0, 0.05) is 52.3 Å². The molecule has 6 aromatic carbocycles. The standard InChI is InChI=1S/C53H50N3O.Pt/c1-33-18-21-36(22-19-33)38-24-25-54-46(32-38)40-29-39(30-41(31-40)52(4,5)6)42-16-13-17-48-49(42)55-51(44-27-35(3)28-45(50(44)57)53(7,8)9)56(48)47-23-20-34(2)26-43(47)37-14-11-10-12-15-37;/h10-28,30-32,57H,1-9H3;/q-1;/i1D3,2D3,18D,19D,21D,22D;. The van der Waals surface area contributed by atoms with Gasteiger partial charge in [0.15, 0.2) is 0 Å². The van der Waals surface area contributed by atoms with Gasteiger partial charge in [-0.3, -0.25) is 9.55 Å².